The summed E-state index contributed by atoms with van der Waals surface area (Å²) in [5.41, 5.74) is 0. The molecule has 0 aromatic rings. The molecule has 0 N–H and O–H groups in total. The lowest BCUT2D eigenvalue weighted by molar-refractivity contribution is 0.109. The van der Waals surface area contributed by atoms with Crippen LogP contribution in [0.2, 0.25) is 0 Å². The molecule has 0 saturated heterocycles. The molecule has 0 aromatic carbocycles. The molecule has 4 heteroatoms. The largest absolute Gasteiger partial charge is 0.294 e. The van der Waals surface area contributed by atoms with Gasteiger partial charge in [-0.3, -0.25) is 19.6 Å². The second-order valence-corrected chi connectivity index (χ2v) is 6.45. The average molecular weight is 272 g/mol. The second-order valence-electron chi connectivity index (χ2n) is 6.45. The maximum absolute atomic E-state index is 2.31. The van der Waals surface area contributed by atoms with Gasteiger partial charge in [0.15, 0.2) is 0 Å². The highest BCUT2D eigenvalue weighted by Gasteiger charge is 2.15. The highest BCUT2D eigenvalue weighted by molar-refractivity contribution is 4.65. The summed E-state index contributed by atoms with van der Waals surface area (Å²) in [5.74, 6) is 0. The van der Waals surface area contributed by atoms with Crippen molar-refractivity contribution in [1.82, 2.24) is 19.6 Å². The molecule has 0 amide bonds. The minimum Gasteiger partial charge on any atom is -0.294 e. The monoisotopic (exact) mass is 272 g/mol. The van der Waals surface area contributed by atoms with E-state index in [0.717, 1.165) is 0 Å². The van der Waals surface area contributed by atoms with E-state index >= 15 is 0 Å². The van der Waals surface area contributed by atoms with Crippen molar-refractivity contribution in [3.05, 3.63) is 0 Å². The summed E-state index contributed by atoms with van der Waals surface area (Å²) in [6.45, 7) is 0. The van der Waals surface area contributed by atoms with Gasteiger partial charge in [-0.25, -0.2) is 0 Å². The van der Waals surface area contributed by atoms with E-state index in [-0.39, 0.29) is 0 Å². The summed E-state index contributed by atoms with van der Waals surface area (Å²) in [4.78, 5) is 9.23. The van der Waals surface area contributed by atoms with Gasteiger partial charge in [0.25, 0.3) is 0 Å². The summed E-state index contributed by atoms with van der Waals surface area (Å²) in [7, 11) is 17.3. The molecule has 0 rings (SSSR count). The van der Waals surface area contributed by atoms with Gasteiger partial charge in [0.05, 0.1) is 12.3 Å². The highest BCUT2D eigenvalue weighted by atomic mass is 15.3. The van der Waals surface area contributed by atoms with Crippen molar-refractivity contribution in [2.24, 2.45) is 0 Å². The van der Waals surface area contributed by atoms with Crippen molar-refractivity contribution in [3.8, 4) is 0 Å². The van der Waals surface area contributed by atoms with E-state index < -0.39 is 0 Å². The third kappa shape index (κ3) is 7.88. The number of hydrogen-bond donors (Lipinski definition) is 0. The quantitative estimate of drug-likeness (QED) is 0.444. The van der Waals surface area contributed by atoms with Crippen LogP contribution in [0.5, 0.6) is 0 Å². The van der Waals surface area contributed by atoms with Gasteiger partial charge >= 0.3 is 0 Å². The fraction of sp³-hybridized carbons (Fsp3) is 1.00. The van der Waals surface area contributed by atoms with Crippen LogP contribution in [0.4, 0.5) is 0 Å². The Morgan fingerprint density at radius 2 is 0.737 bits per heavy atom. The van der Waals surface area contributed by atoms with Crippen molar-refractivity contribution in [2.75, 3.05) is 56.4 Å². The van der Waals surface area contributed by atoms with Crippen LogP contribution in [0, 0.1) is 0 Å². The Bertz CT molecular complexity index is 176. The lowest BCUT2D eigenvalue weighted by Crippen LogP contribution is -2.40. The van der Waals surface area contributed by atoms with Crippen LogP contribution in [-0.2, 0) is 0 Å². The number of unbranched alkanes of at least 4 members (excludes halogenated alkanes) is 2. The fourth-order valence-corrected chi connectivity index (χ4v) is 2.79. The van der Waals surface area contributed by atoms with Crippen molar-refractivity contribution in [2.45, 2.75) is 44.4 Å². The minimum atomic E-state index is 0.568. The summed E-state index contributed by atoms with van der Waals surface area (Å²) in [5, 5.41) is 0. The van der Waals surface area contributed by atoms with Gasteiger partial charge in [-0.2, -0.15) is 0 Å². The zero-order valence-corrected chi connectivity index (χ0v) is 14.5. The summed E-state index contributed by atoms with van der Waals surface area (Å²) < 4.78 is 0. The molecule has 0 unspecified atom stereocenters. The molecule has 0 atom stereocenters. The van der Waals surface area contributed by atoms with Gasteiger partial charge < -0.3 is 0 Å². The van der Waals surface area contributed by atoms with Gasteiger partial charge in [-0.1, -0.05) is 19.3 Å². The Morgan fingerprint density at radius 3 is 0.947 bits per heavy atom. The molecule has 0 fully saturated rings. The van der Waals surface area contributed by atoms with Crippen LogP contribution in [0.25, 0.3) is 0 Å². The van der Waals surface area contributed by atoms with Crippen molar-refractivity contribution in [1.29, 1.82) is 0 Å². The molecule has 0 saturated carbocycles. The number of rotatable bonds is 10. The summed E-state index contributed by atoms with van der Waals surface area (Å²) in [6, 6.07) is 0. The Balaban J connectivity index is 3.85. The number of nitrogens with zero attached hydrogens (tertiary/aromatic N) is 4. The SMILES string of the molecule is CN(C)C(CCCCCC(N(C)C)N(C)C)N(C)C. The molecule has 0 aliphatic rings. The minimum absolute atomic E-state index is 0.568. The summed E-state index contributed by atoms with van der Waals surface area (Å²) in [6.07, 6.45) is 7.61. The van der Waals surface area contributed by atoms with Gasteiger partial charge in [0.1, 0.15) is 0 Å². The molecular weight excluding hydrogens is 236 g/mol. The average Bonchev–Trinajstić information content (AvgIpc) is 2.25. The predicted molar refractivity (Wildman–Crippen MR) is 85.4 cm³/mol. The lowest BCUT2D eigenvalue weighted by atomic mass is 10.1. The van der Waals surface area contributed by atoms with E-state index in [2.05, 4.69) is 76.0 Å². The van der Waals surface area contributed by atoms with Crippen molar-refractivity contribution >= 4 is 0 Å². The molecule has 0 aliphatic carbocycles. The van der Waals surface area contributed by atoms with Crippen LogP contribution < -0.4 is 0 Å². The molecule has 0 spiro atoms. The van der Waals surface area contributed by atoms with Crippen LogP contribution in [0.3, 0.4) is 0 Å². The van der Waals surface area contributed by atoms with Crippen LogP contribution in [0.1, 0.15) is 32.1 Å². The van der Waals surface area contributed by atoms with E-state index in [9.17, 15) is 0 Å². The third-order valence-corrected chi connectivity index (χ3v) is 3.81. The Labute approximate surface area is 121 Å². The molecule has 0 radical (unpaired) electrons. The molecular formula is C15H36N4. The molecule has 4 nitrogen and oxygen atoms in total. The van der Waals surface area contributed by atoms with Crippen molar-refractivity contribution in [3.63, 3.8) is 0 Å². The first kappa shape index (κ1) is 18.8. The van der Waals surface area contributed by atoms with Crippen LogP contribution in [0.15, 0.2) is 0 Å². The van der Waals surface area contributed by atoms with E-state index in [0.29, 0.717) is 12.3 Å². The molecule has 0 aliphatic heterocycles. The zero-order valence-electron chi connectivity index (χ0n) is 14.5. The standard InChI is InChI=1S/C15H36N4/c1-16(2)14(17(3)4)12-10-9-11-13-15(18(5)6)19(7)8/h14-15H,9-13H2,1-8H3. The normalized spacial score (nSPS) is 12.9. The molecule has 116 valence electrons. The van der Waals surface area contributed by atoms with Crippen molar-refractivity contribution < 1.29 is 0 Å². The van der Waals surface area contributed by atoms with Gasteiger partial charge in [-0.15, -0.1) is 0 Å². The molecule has 0 heterocycles. The predicted octanol–water partition coefficient (Wildman–Crippen LogP) is 1.84. The van der Waals surface area contributed by atoms with E-state index in [1.807, 2.05) is 0 Å². The summed E-state index contributed by atoms with van der Waals surface area (Å²) >= 11 is 0. The van der Waals surface area contributed by atoms with Gasteiger partial charge in [0, 0.05) is 0 Å². The van der Waals surface area contributed by atoms with Gasteiger partial charge in [-0.05, 0) is 69.2 Å². The lowest BCUT2D eigenvalue weighted by Gasteiger charge is -2.31. The second kappa shape index (κ2) is 9.70. The Morgan fingerprint density at radius 1 is 0.474 bits per heavy atom. The highest BCUT2D eigenvalue weighted by Crippen LogP contribution is 2.13. The topological polar surface area (TPSA) is 13.0 Å². The van der Waals surface area contributed by atoms with Crippen LogP contribution in [-0.4, -0.2) is 88.3 Å². The van der Waals surface area contributed by atoms with E-state index in [1.54, 1.807) is 0 Å². The smallest absolute Gasteiger partial charge is 0.0612 e. The maximum Gasteiger partial charge on any atom is 0.0612 e. The van der Waals surface area contributed by atoms with Crippen LogP contribution >= 0.6 is 0 Å². The molecule has 0 bridgehead atoms. The molecule has 0 aromatic heterocycles. The van der Waals surface area contributed by atoms with E-state index in [1.165, 1.54) is 32.1 Å². The first-order valence-corrected chi connectivity index (χ1v) is 7.43. The number of hydrogen-bond acceptors (Lipinski definition) is 4. The van der Waals surface area contributed by atoms with Gasteiger partial charge in [0.2, 0.25) is 0 Å². The first-order valence-electron chi connectivity index (χ1n) is 7.43. The molecule has 19 heavy (non-hydrogen) atoms. The fourth-order valence-electron chi connectivity index (χ4n) is 2.79. The maximum atomic E-state index is 2.31. The zero-order chi connectivity index (χ0) is 15.0. The Hall–Kier alpha value is -0.160. The third-order valence-electron chi connectivity index (χ3n) is 3.81. The van der Waals surface area contributed by atoms with E-state index in [4.69, 9.17) is 0 Å². The first-order chi connectivity index (χ1) is 8.77. The Kier molecular flexibility index (Phi) is 9.62.